The van der Waals surface area contributed by atoms with Crippen molar-refractivity contribution in [3.8, 4) is 0 Å². The number of carbonyl (C=O) groups excluding carboxylic acids is 1. The minimum absolute atomic E-state index is 0.0469. The van der Waals surface area contributed by atoms with Gasteiger partial charge < -0.3 is 10.1 Å². The number of carbonyl (C=O) groups is 1. The van der Waals surface area contributed by atoms with E-state index >= 15 is 0 Å². The van der Waals surface area contributed by atoms with E-state index in [1.807, 2.05) is 32.5 Å². The third-order valence-electron chi connectivity index (χ3n) is 2.99. The van der Waals surface area contributed by atoms with E-state index in [9.17, 15) is 4.79 Å². The fraction of sp³-hybridized carbons (Fsp3) is 0.692. The molecule has 0 saturated carbocycles. The lowest BCUT2D eigenvalue weighted by atomic mass is 10.1. The van der Waals surface area contributed by atoms with E-state index in [-0.39, 0.29) is 5.91 Å². The molecule has 5 heteroatoms. The van der Waals surface area contributed by atoms with Crippen LogP contribution < -0.4 is 5.32 Å². The van der Waals surface area contributed by atoms with Gasteiger partial charge in [-0.25, -0.2) is 0 Å². The lowest BCUT2D eigenvalue weighted by molar-refractivity contribution is -0.120. The highest BCUT2D eigenvalue weighted by molar-refractivity contribution is 5.79. The van der Waals surface area contributed by atoms with E-state index in [2.05, 4.69) is 10.4 Å². The van der Waals surface area contributed by atoms with Gasteiger partial charge in [-0.3, -0.25) is 9.48 Å². The third-order valence-corrected chi connectivity index (χ3v) is 2.99. The van der Waals surface area contributed by atoms with Crippen LogP contribution in [0.25, 0.3) is 0 Å². The van der Waals surface area contributed by atoms with E-state index in [1.165, 1.54) is 0 Å². The molecule has 0 bridgehead atoms. The molecule has 5 nitrogen and oxygen atoms in total. The zero-order valence-corrected chi connectivity index (χ0v) is 11.7. The maximum absolute atomic E-state index is 11.8. The Morgan fingerprint density at radius 1 is 1.44 bits per heavy atom. The third kappa shape index (κ3) is 4.14. The molecule has 0 spiro atoms. The minimum Gasteiger partial charge on any atom is -0.382 e. The SMILES string of the molecule is CCOCCCNC(=O)Cc1c(C)nn(C)c1C. The number of aromatic nitrogens is 2. The van der Waals surface area contributed by atoms with Crippen molar-refractivity contribution in [1.82, 2.24) is 15.1 Å². The Morgan fingerprint density at radius 3 is 2.72 bits per heavy atom. The van der Waals surface area contributed by atoms with Crippen LogP contribution in [0.3, 0.4) is 0 Å². The fourth-order valence-corrected chi connectivity index (χ4v) is 1.84. The second-order valence-electron chi connectivity index (χ2n) is 4.35. The number of aryl methyl sites for hydroxylation is 2. The Kier molecular flexibility index (Phi) is 5.85. The van der Waals surface area contributed by atoms with Crippen molar-refractivity contribution in [2.45, 2.75) is 33.6 Å². The summed E-state index contributed by atoms with van der Waals surface area (Å²) in [6.45, 7) is 7.97. The summed E-state index contributed by atoms with van der Waals surface area (Å²) < 4.78 is 7.02. The predicted molar refractivity (Wildman–Crippen MR) is 70.5 cm³/mol. The van der Waals surface area contributed by atoms with Gasteiger partial charge in [0.05, 0.1) is 12.1 Å². The molecule has 1 amide bonds. The zero-order valence-electron chi connectivity index (χ0n) is 11.7. The molecule has 0 aliphatic carbocycles. The van der Waals surface area contributed by atoms with Gasteiger partial charge in [-0.1, -0.05) is 0 Å². The summed E-state index contributed by atoms with van der Waals surface area (Å²) in [7, 11) is 1.89. The molecule has 1 N–H and O–H groups in total. The van der Waals surface area contributed by atoms with Crippen molar-refractivity contribution in [3.05, 3.63) is 17.0 Å². The predicted octanol–water partition coefficient (Wildman–Crippen LogP) is 1.12. The molecule has 102 valence electrons. The molecule has 1 heterocycles. The molecule has 0 fully saturated rings. The highest BCUT2D eigenvalue weighted by Crippen LogP contribution is 2.12. The van der Waals surface area contributed by atoms with Gasteiger partial charge in [0.1, 0.15) is 0 Å². The smallest absolute Gasteiger partial charge is 0.224 e. The molecule has 0 atom stereocenters. The summed E-state index contributed by atoms with van der Waals surface area (Å²) in [6, 6.07) is 0. The Balaban J connectivity index is 2.36. The van der Waals surface area contributed by atoms with Crippen molar-refractivity contribution in [2.24, 2.45) is 7.05 Å². The quantitative estimate of drug-likeness (QED) is 0.741. The first-order valence-electron chi connectivity index (χ1n) is 6.39. The first-order chi connectivity index (χ1) is 8.56. The lowest BCUT2D eigenvalue weighted by Crippen LogP contribution is -2.27. The number of ether oxygens (including phenoxy) is 1. The summed E-state index contributed by atoms with van der Waals surface area (Å²) >= 11 is 0. The zero-order chi connectivity index (χ0) is 13.5. The number of hydrogen-bond donors (Lipinski definition) is 1. The number of nitrogens with one attached hydrogen (secondary N) is 1. The van der Waals surface area contributed by atoms with E-state index in [0.717, 1.165) is 30.0 Å². The summed E-state index contributed by atoms with van der Waals surface area (Å²) in [5, 5.41) is 7.20. The van der Waals surface area contributed by atoms with Gasteiger partial charge in [0.2, 0.25) is 5.91 Å². The highest BCUT2D eigenvalue weighted by Gasteiger charge is 2.12. The Labute approximate surface area is 109 Å². The van der Waals surface area contributed by atoms with Gasteiger partial charge in [0, 0.05) is 38.1 Å². The van der Waals surface area contributed by atoms with Crippen LogP contribution in [0.4, 0.5) is 0 Å². The number of nitrogens with zero attached hydrogens (tertiary/aromatic N) is 2. The van der Waals surface area contributed by atoms with Gasteiger partial charge >= 0.3 is 0 Å². The van der Waals surface area contributed by atoms with Crippen LogP contribution in [-0.2, 0) is 23.0 Å². The van der Waals surface area contributed by atoms with Crippen LogP contribution in [0.1, 0.15) is 30.3 Å². The standard InChI is InChI=1S/C13H23N3O2/c1-5-18-8-6-7-14-13(17)9-12-10(2)15-16(4)11(12)3/h5-9H2,1-4H3,(H,14,17). The van der Waals surface area contributed by atoms with E-state index in [4.69, 9.17) is 4.74 Å². The topological polar surface area (TPSA) is 56.1 Å². The molecule has 0 aromatic carbocycles. The second-order valence-corrected chi connectivity index (χ2v) is 4.35. The van der Waals surface area contributed by atoms with Gasteiger partial charge in [-0.2, -0.15) is 5.10 Å². The summed E-state index contributed by atoms with van der Waals surface area (Å²) in [5.41, 5.74) is 3.01. The van der Waals surface area contributed by atoms with Crippen LogP contribution in [0, 0.1) is 13.8 Å². The Bertz CT molecular complexity index is 399. The largest absolute Gasteiger partial charge is 0.382 e. The highest BCUT2D eigenvalue weighted by atomic mass is 16.5. The summed E-state index contributed by atoms with van der Waals surface area (Å²) in [5.74, 6) is 0.0469. The van der Waals surface area contributed by atoms with Gasteiger partial charge in [-0.05, 0) is 27.2 Å². The molecule has 18 heavy (non-hydrogen) atoms. The van der Waals surface area contributed by atoms with E-state index in [0.29, 0.717) is 19.6 Å². The molecule has 0 aliphatic heterocycles. The second kappa shape index (κ2) is 7.16. The monoisotopic (exact) mass is 253 g/mol. The van der Waals surface area contributed by atoms with Gasteiger partial charge in [0.25, 0.3) is 0 Å². The molecule has 0 unspecified atom stereocenters. The van der Waals surface area contributed by atoms with Crippen LogP contribution in [0.15, 0.2) is 0 Å². The van der Waals surface area contributed by atoms with Crippen molar-refractivity contribution in [3.63, 3.8) is 0 Å². The van der Waals surface area contributed by atoms with Crippen molar-refractivity contribution in [1.29, 1.82) is 0 Å². The van der Waals surface area contributed by atoms with E-state index < -0.39 is 0 Å². The first kappa shape index (κ1) is 14.7. The van der Waals surface area contributed by atoms with Crippen LogP contribution in [-0.4, -0.2) is 35.4 Å². The molecular formula is C13H23N3O2. The van der Waals surface area contributed by atoms with Crippen LogP contribution >= 0.6 is 0 Å². The molecule has 0 saturated heterocycles. The number of amides is 1. The average Bonchev–Trinajstić information content (AvgIpc) is 2.56. The maximum Gasteiger partial charge on any atom is 0.224 e. The van der Waals surface area contributed by atoms with Gasteiger partial charge in [-0.15, -0.1) is 0 Å². The molecule has 0 radical (unpaired) electrons. The first-order valence-corrected chi connectivity index (χ1v) is 6.39. The Morgan fingerprint density at radius 2 is 2.17 bits per heavy atom. The van der Waals surface area contributed by atoms with Crippen LogP contribution in [0.2, 0.25) is 0 Å². The average molecular weight is 253 g/mol. The Hall–Kier alpha value is -1.36. The number of hydrogen-bond acceptors (Lipinski definition) is 3. The normalized spacial score (nSPS) is 10.7. The summed E-state index contributed by atoms with van der Waals surface area (Å²) in [4.78, 5) is 11.8. The van der Waals surface area contributed by atoms with Crippen molar-refractivity contribution in [2.75, 3.05) is 19.8 Å². The molecule has 1 rings (SSSR count). The summed E-state index contributed by atoms with van der Waals surface area (Å²) in [6.07, 6.45) is 1.25. The van der Waals surface area contributed by atoms with Crippen LogP contribution in [0.5, 0.6) is 0 Å². The maximum atomic E-state index is 11.8. The lowest BCUT2D eigenvalue weighted by Gasteiger charge is -2.06. The number of rotatable bonds is 7. The molecular weight excluding hydrogens is 230 g/mol. The minimum atomic E-state index is 0.0469. The van der Waals surface area contributed by atoms with Crippen molar-refractivity contribution >= 4 is 5.91 Å². The fourth-order valence-electron chi connectivity index (χ4n) is 1.84. The van der Waals surface area contributed by atoms with Crippen molar-refractivity contribution < 1.29 is 9.53 Å². The molecule has 1 aromatic heterocycles. The molecule has 1 aromatic rings. The van der Waals surface area contributed by atoms with Gasteiger partial charge in [0.15, 0.2) is 0 Å². The molecule has 0 aliphatic rings. The van der Waals surface area contributed by atoms with E-state index in [1.54, 1.807) is 0 Å².